The molecule has 0 aromatic carbocycles. The van der Waals surface area contributed by atoms with Gasteiger partial charge in [0.2, 0.25) is 0 Å². The molecule has 1 aromatic heterocycles. The molecule has 43 valence electrons. The number of nitrogens with one attached hydrogen (secondary N) is 1. The average molecular weight is 127 g/mol. The van der Waals surface area contributed by atoms with E-state index in [0.29, 0.717) is 0 Å². The first-order chi connectivity index (χ1) is 3.93. The van der Waals surface area contributed by atoms with Gasteiger partial charge in [0.1, 0.15) is 0 Å². The molecular weight excluding hydrogens is 120 g/mol. The molecular formula is C5H7N2S. The van der Waals surface area contributed by atoms with Crippen LogP contribution in [0.1, 0.15) is 6.92 Å². The fourth-order valence-corrected chi connectivity index (χ4v) is 0.965. The van der Waals surface area contributed by atoms with Crippen LogP contribution in [0.2, 0.25) is 0 Å². The fraction of sp³-hybridized carbons (Fsp3) is 0.400. The van der Waals surface area contributed by atoms with E-state index in [1.165, 1.54) is 11.3 Å². The fourth-order valence-electron chi connectivity index (χ4n) is 0.426. The highest BCUT2D eigenvalue weighted by atomic mass is 32.1. The Kier molecular flexibility index (Phi) is 1.86. The molecule has 0 saturated carbocycles. The molecule has 2 nitrogen and oxygen atoms in total. The maximum absolute atomic E-state index is 3.96. The van der Waals surface area contributed by atoms with Crippen LogP contribution >= 0.6 is 11.3 Å². The summed E-state index contributed by atoms with van der Waals surface area (Å²) in [6.07, 6.45) is 1.67. The monoisotopic (exact) mass is 127 g/mol. The lowest BCUT2D eigenvalue weighted by atomic mass is 10.8. The zero-order chi connectivity index (χ0) is 5.82. The SMILES string of the molecule is CCNc1nc[c]s1. The van der Waals surface area contributed by atoms with E-state index in [-0.39, 0.29) is 0 Å². The number of rotatable bonds is 2. The highest BCUT2D eigenvalue weighted by Gasteiger charge is 1.86. The first kappa shape index (κ1) is 5.56. The largest absolute Gasteiger partial charge is 0.362 e. The molecule has 0 amide bonds. The van der Waals surface area contributed by atoms with Crippen LogP contribution in [0.3, 0.4) is 0 Å². The second kappa shape index (κ2) is 2.67. The molecule has 0 atom stereocenters. The molecule has 0 unspecified atom stereocenters. The van der Waals surface area contributed by atoms with Crippen molar-refractivity contribution in [3.8, 4) is 0 Å². The Balaban J connectivity index is 2.50. The third-order valence-corrected chi connectivity index (χ3v) is 1.38. The molecule has 0 saturated heterocycles. The summed E-state index contributed by atoms with van der Waals surface area (Å²) in [7, 11) is 0. The van der Waals surface area contributed by atoms with E-state index in [0.717, 1.165) is 11.7 Å². The van der Waals surface area contributed by atoms with Crippen LogP contribution < -0.4 is 5.32 Å². The Labute approximate surface area is 52.6 Å². The highest BCUT2D eigenvalue weighted by Crippen LogP contribution is 2.07. The van der Waals surface area contributed by atoms with E-state index in [2.05, 4.69) is 15.7 Å². The van der Waals surface area contributed by atoms with Crippen molar-refractivity contribution >= 4 is 16.5 Å². The summed E-state index contributed by atoms with van der Waals surface area (Å²) in [6, 6.07) is 0. The van der Waals surface area contributed by atoms with Gasteiger partial charge in [-0.05, 0) is 6.92 Å². The number of hydrogen-bond donors (Lipinski definition) is 1. The molecule has 0 aliphatic heterocycles. The predicted octanol–water partition coefficient (Wildman–Crippen LogP) is 1.38. The van der Waals surface area contributed by atoms with Crippen molar-refractivity contribution in [3.63, 3.8) is 0 Å². The van der Waals surface area contributed by atoms with Gasteiger partial charge >= 0.3 is 0 Å². The van der Waals surface area contributed by atoms with Gasteiger partial charge in [0.15, 0.2) is 5.13 Å². The van der Waals surface area contributed by atoms with Gasteiger partial charge in [0.25, 0.3) is 0 Å². The predicted molar refractivity (Wildman–Crippen MR) is 35.1 cm³/mol. The summed E-state index contributed by atoms with van der Waals surface area (Å²) in [5.41, 5.74) is 0. The maximum atomic E-state index is 3.96. The zero-order valence-electron chi connectivity index (χ0n) is 4.64. The Hall–Kier alpha value is -0.570. The van der Waals surface area contributed by atoms with Gasteiger partial charge in [-0.15, -0.1) is 0 Å². The van der Waals surface area contributed by atoms with Gasteiger partial charge in [0, 0.05) is 12.7 Å². The minimum Gasteiger partial charge on any atom is -0.362 e. The molecule has 1 heterocycles. The van der Waals surface area contributed by atoms with Gasteiger partial charge in [-0.2, -0.15) is 0 Å². The Morgan fingerprint density at radius 3 is 3.38 bits per heavy atom. The smallest absolute Gasteiger partial charge is 0.183 e. The average Bonchev–Trinajstić information content (AvgIpc) is 2.19. The third-order valence-electron chi connectivity index (χ3n) is 0.718. The first-order valence-electron chi connectivity index (χ1n) is 2.49. The van der Waals surface area contributed by atoms with E-state index in [1.54, 1.807) is 6.20 Å². The van der Waals surface area contributed by atoms with Crippen LogP contribution in [0.5, 0.6) is 0 Å². The summed E-state index contributed by atoms with van der Waals surface area (Å²) in [5, 5.41) is 6.90. The van der Waals surface area contributed by atoms with E-state index in [9.17, 15) is 0 Å². The maximum Gasteiger partial charge on any atom is 0.183 e. The van der Waals surface area contributed by atoms with Gasteiger partial charge in [-0.25, -0.2) is 4.98 Å². The molecule has 1 aromatic rings. The number of anilines is 1. The van der Waals surface area contributed by atoms with Crippen LogP contribution in [0.15, 0.2) is 6.20 Å². The molecule has 3 heteroatoms. The topological polar surface area (TPSA) is 24.9 Å². The highest BCUT2D eigenvalue weighted by molar-refractivity contribution is 7.13. The molecule has 0 bridgehead atoms. The van der Waals surface area contributed by atoms with Crippen molar-refractivity contribution in [2.24, 2.45) is 0 Å². The number of nitrogens with zero attached hydrogens (tertiary/aromatic N) is 1. The van der Waals surface area contributed by atoms with Crippen LogP contribution in [-0.4, -0.2) is 11.5 Å². The lowest BCUT2D eigenvalue weighted by Gasteiger charge is -1.91. The Morgan fingerprint density at radius 1 is 2.00 bits per heavy atom. The summed E-state index contributed by atoms with van der Waals surface area (Å²) in [4.78, 5) is 3.96. The van der Waals surface area contributed by atoms with Crippen molar-refractivity contribution in [1.29, 1.82) is 0 Å². The Bertz CT molecular complexity index is 136. The second-order valence-electron chi connectivity index (χ2n) is 1.31. The van der Waals surface area contributed by atoms with Crippen LogP contribution in [0.25, 0.3) is 0 Å². The van der Waals surface area contributed by atoms with Crippen molar-refractivity contribution < 1.29 is 0 Å². The van der Waals surface area contributed by atoms with Crippen LogP contribution in [-0.2, 0) is 0 Å². The first-order valence-corrected chi connectivity index (χ1v) is 3.31. The molecule has 1 rings (SSSR count). The second-order valence-corrected chi connectivity index (χ2v) is 2.14. The van der Waals surface area contributed by atoms with Crippen molar-refractivity contribution in [1.82, 2.24) is 4.98 Å². The minimum absolute atomic E-state index is 0.932. The summed E-state index contributed by atoms with van der Waals surface area (Å²) in [6.45, 7) is 2.97. The molecule has 0 aliphatic rings. The standard InChI is InChI=1S/C5H7N2S/c1-2-6-5-7-3-4-8-5/h3H,2H2,1H3,(H,6,7). The van der Waals surface area contributed by atoms with Crippen LogP contribution in [0, 0.1) is 5.38 Å². The van der Waals surface area contributed by atoms with E-state index < -0.39 is 0 Å². The number of hydrogen-bond acceptors (Lipinski definition) is 3. The molecule has 0 spiro atoms. The van der Waals surface area contributed by atoms with Gasteiger partial charge in [0.05, 0.1) is 5.38 Å². The van der Waals surface area contributed by atoms with Crippen LogP contribution in [0.4, 0.5) is 5.13 Å². The minimum atomic E-state index is 0.932. The van der Waals surface area contributed by atoms with E-state index in [1.807, 2.05) is 6.92 Å². The molecule has 0 aliphatic carbocycles. The van der Waals surface area contributed by atoms with Gasteiger partial charge in [-0.1, -0.05) is 11.3 Å². The molecule has 1 radical (unpaired) electrons. The zero-order valence-corrected chi connectivity index (χ0v) is 5.46. The van der Waals surface area contributed by atoms with Gasteiger partial charge in [-0.3, -0.25) is 0 Å². The normalized spacial score (nSPS) is 9.12. The summed E-state index contributed by atoms with van der Waals surface area (Å²) < 4.78 is 0. The molecule has 8 heavy (non-hydrogen) atoms. The molecule has 0 fully saturated rings. The third kappa shape index (κ3) is 1.20. The lowest BCUT2D eigenvalue weighted by molar-refractivity contribution is 1.19. The van der Waals surface area contributed by atoms with E-state index >= 15 is 0 Å². The lowest BCUT2D eigenvalue weighted by Crippen LogP contribution is -1.93. The van der Waals surface area contributed by atoms with Gasteiger partial charge < -0.3 is 5.32 Å². The summed E-state index contributed by atoms with van der Waals surface area (Å²) >= 11 is 1.50. The van der Waals surface area contributed by atoms with E-state index in [4.69, 9.17) is 0 Å². The van der Waals surface area contributed by atoms with Crippen molar-refractivity contribution in [3.05, 3.63) is 11.6 Å². The quantitative estimate of drug-likeness (QED) is 0.649. The number of aromatic nitrogens is 1. The molecule has 1 N–H and O–H groups in total. The summed E-state index contributed by atoms with van der Waals surface area (Å²) in [5.74, 6) is 0. The Morgan fingerprint density at radius 2 is 2.88 bits per heavy atom. The van der Waals surface area contributed by atoms with Crippen molar-refractivity contribution in [2.45, 2.75) is 6.92 Å². The van der Waals surface area contributed by atoms with Crippen molar-refractivity contribution in [2.75, 3.05) is 11.9 Å². The number of thiazole rings is 1.